The Bertz CT molecular complexity index is 774. The van der Waals surface area contributed by atoms with E-state index in [0.717, 1.165) is 12.1 Å². The lowest BCUT2D eigenvalue weighted by Crippen LogP contribution is -2.42. The summed E-state index contributed by atoms with van der Waals surface area (Å²) in [6.45, 7) is 6.41. The topological polar surface area (TPSA) is 51.0 Å². The van der Waals surface area contributed by atoms with Gasteiger partial charge in [-0.15, -0.1) is 0 Å². The van der Waals surface area contributed by atoms with Crippen molar-refractivity contribution in [3.63, 3.8) is 0 Å². The number of rotatable bonds is 2. The highest BCUT2D eigenvalue weighted by atomic mass is 19.4. The first kappa shape index (κ1) is 17.4. The molecule has 1 atom stereocenters. The van der Waals surface area contributed by atoms with Gasteiger partial charge in [0.2, 0.25) is 5.91 Å². The van der Waals surface area contributed by atoms with Crippen molar-refractivity contribution in [3.05, 3.63) is 42.0 Å². The third kappa shape index (κ3) is 3.38. The lowest BCUT2D eigenvalue weighted by molar-refractivity contribution is -0.137. The Kier molecular flexibility index (Phi) is 4.09. The molecular weight excluding hydrogens is 333 g/mol. The number of benzene rings is 1. The molecule has 0 saturated carbocycles. The molecule has 0 bridgehead atoms. The summed E-state index contributed by atoms with van der Waals surface area (Å²) in [5.74, 6) is 0.482. The monoisotopic (exact) mass is 352 g/mol. The molecule has 1 fully saturated rings. The number of carbonyl (C=O) groups excluding carboxylic acids is 1. The minimum absolute atomic E-state index is 0.0412. The van der Waals surface area contributed by atoms with Crippen molar-refractivity contribution in [2.45, 2.75) is 44.8 Å². The smallest absolute Gasteiger partial charge is 0.337 e. The molecule has 1 aromatic carbocycles. The summed E-state index contributed by atoms with van der Waals surface area (Å²) < 4.78 is 39.6. The fourth-order valence-corrected chi connectivity index (χ4v) is 3.05. The van der Waals surface area contributed by atoms with E-state index in [9.17, 15) is 18.0 Å². The number of hydrogen-bond donors (Lipinski definition) is 0. The molecular formula is C17H19F3N4O. The van der Waals surface area contributed by atoms with Crippen LogP contribution in [0.5, 0.6) is 0 Å². The quantitative estimate of drug-likeness (QED) is 0.832. The second kappa shape index (κ2) is 5.86. The number of hydrogen-bond acceptors (Lipinski definition) is 3. The Morgan fingerprint density at radius 1 is 1.12 bits per heavy atom. The van der Waals surface area contributed by atoms with Crippen molar-refractivity contribution in [2.24, 2.45) is 0 Å². The fraction of sp³-hybridized carbons (Fsp3) is 0.471. The molecule has 1 aromatic heterocycles. The maximum atomic E-state index is 12.7. The molecule has 1 unspecified atom stereocenters. The van der Waals surface area contributed by atoms with Gasteiger partial charge in [-0.2, -0.15) is 18.3 Å². The van der Waals surface area contributed by atoms with Gasteiger partial charge in [0.05, 0.1) is 11.3 Å². The summed E-state index contributed by atoms with van der Waals surface area (Å²) in [5.41, 5.74) is -0.513. The Morgan fingerprint density at radius 3 is 2.28 bits per heavy atom. The Hall–Kier alpha value is -2.38. The van der Waals surface area contributed by atoms with E-state index in [-0.39, 0.29) is 17.4 Å². The molecule has 1 amide bonds. The number of nitrogens with zero attached hydrogens (tertiary/aromatic N) is 4. The Balaban J connectivity index is 1.88. The third-order valence-corrected chi connectivity index (χ3v) is 4.31. The van der Waals surface area contributed by atoms with Crippen LogP contribution in [0.2, 0.25) is 0 Å². The maximum Gasteiger partial charge on any atom is 0.416 e. The summed E-state index contributed by atoms with van der Waals surface area (Å²) in [5, 5.41) is 4.13. The number of aromatic nitrogens is 3. The van der Waals surface area contributed by atoms with Crippen LogP contribution < -0.4 is 0 Å². The van der Waals surface area contributed by atoms with E-state index in [2.05, 4.69) is 10.1 Å². The van der Waals surface area contributed by atoms with Gasteiger partial charge >= 0.3 is 6.18 Å². The minimum Gasteiger partial charge on any atom is -0.337 e. The molecule has 5 nitrogen and oxygen atoms in total. The number of alkyl halides is 3. The predicted molar refractivity (Wildman–Crippen MR) is 85.2 cm³/mol. The standard InChI is InChI=1S/C17H19F3N4O/c1-16(2,3)23-9-11(8-14(23)25)15-21-10-22-24(15)13-6-4-12(5-7-13)17(18,19)20/h4-7,10-11H,8-9H2,1-3H3. The van der Waals surface area contributed by atoms with Crippen LogP contribution in [0.1, 0.15) is 44.5 Å². The summed E-state index contributed by atoms with van der Waals surface area (Å²) in [7, 11) is 0. The van der Waals surface area contributed by atoms with Gasteiger partial charge in [0.15, 0.2) is 0 Å². The zero-order valence-electron chi connectivity index (χ0n) is 14.2. The van der Waals surface area contributed by atoms with Crippen LogP contribution in [0.4, 0.5) is 13.2 Å². The van der Waals surface area contributed by atoms with Crippen molar-refractivity contribution in [1.82, 2.24) is 19.7 Å². The van der Waals surface area contributed by atoms with Crippen LogP contribution in [0, 0.1) is 0 Å². The second-order valence-electron chi connectivity index (χ2n) is 7.15. The van der Waals surface area contributed by atoms with Crippen LogP contribution in [-0.2, 0) is 11.0 Å². The largest absolute Gasteiger partial charge is 0.416 e. The molecule has 2 heterocycles. The van der Waals surface area contributed by atoms with Gasteiger partial charge in [-0.05, 0) is 45.0 Å². The summed E-state index contributed by atoms with van der Waals surface area (Å²) in [4.78, 5) is 18.3. The van der Waals surface area contributed by atoms with Gasteiger partial charge in [-0.25, -0.2) is 9.67 Å². The van der Waals surface area contributed by atoms with Gasteiger partial charge in [0.1, 0.15) is 12.2 Å². The van der Waals surface area contributed by atoms with E-state index in [1.165, 1.54) is 23.1 Å². The number of amides is 1. The first-order valence-electron chi connectivity index (χ1n) is 7.95. The van der Waals surface area contributed by atoms with Crippen molar-refractivity contribution in [1.29, 1.82) is 0 Å². The molecule has 25 heavy (non-hydrogen) atoms. The molecule has 0 aliphatic carbocycles. The maximum absolute atomic E-state index is 12.7. The van der Waals surface area contributed by atoms with E-state index in [4.69, 9.17) is 0 Å². The zero-order chi connectivity index (χ0) is 18.4. The van der Waals surface area contributed by atoms with Crippen molar-refractivity contribution in [2.75, 3.05) is 6.54 Å². The van der Waals surface area contributed by atoms with E-state index in [1.54, 1.807) is 4.90 Å². The van der Waals surface area contributed by atoms with Crippen molar-refractivity contribution in [3.8, 4) is 5.69 Å². The molecule has 0 radical (unpaired) electrons. The number of likely N-dealkylation sites (tertiary alicyclic amines) is 1. The van der Waals surface area contributed by atoms with Gasteiger partial charge in [-0.1, -0.05) is 0 Å². The number of halogens is 3. The van der Waals surface area contributed by atoms with Crippen LogP contribution >= 0.6 is 0 Å². The molecule has 1 aliphatic heterocycles. The highest BCUT2D eigenvalue weighted by Gasteiger charge is 2.39. The highest BCUT2D eigenvalue weighted by Crippen LogP contribution is 2.33. The van der Waals surface area contributed by atoms with Crippen LogP contribution in [-0.4, -0.2) is 37.7 Å². The SMILES string of the molecule is CC(C)(C)N1CC(c2ncnn2-c2ccc(C(F)(F)F)cc2)CC1=O. The predicted octanol–water partition coefficient (Wildman–Crippen LogP) is 3.40. The first-order chi connectivity index (χ1) is 11.6. The van der Waals surface area contributed by atoms with Gasteiger partial charge in [0.25, 0.3) is 0 Å². The molecule has 134 valence electrons. The van der Waals surface area contributed by atoms with Crippen LogP contribution in [0.25, 0.3) is 5.69 Å². The average Bonchev–Trinajstić information content (AvgIpc) is 3.12. The van der Waals surface area contributed by atoms with E-state index in [0.29, 0.717) is 24.5 Å². The Labute approximate surface area is 143 Å². The molecule has 1 saturated heterocycles. The average molecular weight is 352 g/mol. The fourth-order valence-electron chi connectivity index (χ4n) is 3.05. The van der Waals surface area contributed by atoms with E-state index < -0.39 is 11.7 Å². The van der Waals surface area contributed by atoms with Gasteiger partial charge < -0.3 is 4.90 Å². The lowest BCUT2D eigenvalue weighted by Gasteiger charge is -2.32. The van der Waals surface area contributed by atoms with Crippen LogP contribution in [0.15, 0.2) is 30.6 Å². The molecule has 2 aromatic rings. The van der Waals surface area contributed by atoms with Crippen molar-refractivity contribution >= 4 is 5.91 Å². The molecule has 0 spiro atoms. The molecule has 3 rings (SSSR count). The third-order valence-electron chi connectivity index (χ3n) is 4.31. The number of carbonyl (C=O) groups is 1. The summed E-state index contributed by atoms with van der Waals surface area (Å²) in [6.07, 6.45) is -2.71. The van der Waals surface area contributed by atoms with Gasteiger partial charge in [-0.3, -0.25) is 4.79 Å². The second-order valence-corrected chi connectivity index (χ2v) is 7.15. The molecule has 0 N–H and O–H groups in total. The van der Waals surface area contributed by atoms with Gasteiger partial charge in [0, 0.05) is 24.4 Å². The van der Waals surface area contributed by atoms with Crippen LogP contribution in [0.3, 0.4) is 0 Å². The molecule has 1 aliphatic rings. The van der Waals surface area contributed by atoms with E-state index >= 15 is 0 Å². The Morgan fingerprint density at radius 2 is 1.76 bits per heavy atom. The van der Waals surface area contributed by atoms with Crippen molar-refractivity contribution < 1.29 is 18.0 Å². The molecule has 8 heteroatoms. The first-order valence-corrected chi connectivity index (χ1v) is 7.95. The summed E-state index contributed by atoms with van der Waals surface area (Å²) in [6, 6.07) is 4.75. The van der Waals surface area contributed by atoms with E-state index in [1.807, 2.05) is 20.8 Å². The zero-order valence-corrected chi connectivity index (χ0v) is 14.2. The minimum atomic E-state index is -4.38. The lowest BCUT2D eigenvalue weighted by atomic mass is 10.1. The summed E-state index contributed by atoms with van der Waals surface area (Å²) >= 11 is 0. The normalized spacial score (nSPS) is 18.9. The highest BCUT2D eigenvalue weighted by molar-refractivity contribution is 5.80.